The number of amides is 1. The Labute approximate surface area is 131 Å². The molecule has 5 nitrogen and oxygen atoms in total. The molecule has 5 heteroatoms. The molecule has 1 aromatic carbocycles. The lowest BCUT2D eigenvalue weighted by atomic mass is 10.1. The van der Waals surface area contributed by atoms with Gasteiger partial charge < -0.3 is 14.8 Å². The molecular formula is C17H23NO4. The zero-order chi connectivity index (χ0) is 16.2. The molecular weight excluding hydrogens is 282 g/mol. The number of carbonyl (C=O) groups is 2. The van der Waals surface area contributed by atoms with E-state index in [1.165, 1.54) is 0 Å². The first-order valence-corrected chi connectivity index (χ1v) is 7.43. The minimum Gasteiger partial charge on any atom is -0.463 e. The second-order valence-corrected chi connectivity index (χ2v) is 4.77. The third kappa shape index (κ3) is 7.47. The standard InChI is InChI=1S/C17H23NO4/c1-3-21-16(19)14(2)9-7-8-12-18-17(20)22-13-15-10-5-4-6-11-15/h4-6,10-11H,2-3,7-9,12-13H2,1H3,(H,18,20). The van der Waals surface area contributed by atoms with Crippen LogP contribution in [0.3, 0.4) is 0 Å². The summed E-state index contributed by atoms with van der Waals surface area (Å²) in [4.78, 5) is 22.8. The van der Waals surface area contributed by atoms with Crippen molar-refractivity contribution in [3.8, 4) is 0 Å². The first-order chi connectivity index (χ1) is 10.6. The summed E-state index contributed by atoms with van der Waals surface area (Å²) in [7, 11) is 0. The van der Waals surface area contributed by atoms with Crippen molar-refractivity contribution < 1.29 is 19.1 Å². The van der Waals surface area contributed by atoms with Gasteiger partial charge in [0.2, 0.25) is 0 Å². The van der Waals surface area contributed by atoms with Crippen LogP contribution in [0.25, 0.3) is 0 Å². The van der Waals surface area contributed by atoms with Crippen LogP contribution in [0, 0.1) is 0 Å². The van der Waals surface area contributed by atoms with E-state index in [4.69, 9.17) is 9.47 Å². The van der Waals surface area contributed by atoms with Gasteiger partial charge in [0.1, 0.15) is 6.61 Å². The van der Waals surface area contributed by atoms with E-state index in [2.05, 4.69) is 11.9 Å². The smallest absolute Gasteiger partial charge is 0.407 e. The van der Waals surface area contributed by atoms with Gasteiger partial charge in [0, 0.05) is 12.1 Å². The molecule has 0 saturated carbocycles. The number of benzene rings is 1. The third-order valence-electron chi connectivity index (χ3n) is 2.95. The number of hydrogen-bond donors (Lipinski definition) is 1. The van der Waals surface area contributed by atoms with Crippen molar-refractivity contribution >= 4 is 12.1 Å². The average molecular weight is 305 g/mol. The highest BCUT2D eigenvalue weighted by Crippen LogP contribution is 2.07. The molecule has 0 atom stereocenters. The maximum Gasteiger partial charge on any atom is 0.407 e. The number of carbonyl (C=O) groups excluding carboxylic acids is 2. The Hall–Kier alpha value is -2.30. The Kier molecular flexibility index (Phi) is 8.42. The number of esters is 1. The number of hydrogen-bond acceptors (Lipinski definition) is 4. The van der Waals surface area contributed by atoms with Gasteiger partial charge in [0.25, 0.3) is 0 Å². The molecule has 1 rings (SSSR count). The average Bonchev–Trinajstić information content (AvgIpc) is 2.53. The van der Waals surface area contributed by atoms with Crippen molar-refractivity contribution in [1.29, 1.82) is 0 Å². The molecule has 0 spiro atoms. The SMILES string of the molecule is C=C(CCCCNC(=O)OCc1ccccc1)C(=O)OCC. The molecule has 0 unspecified atom stereocenters. The highest BCUT2D eigenvalue weighted by Gasteiger charge is 2.07. The largest absolute Gasteiger partial charge is 0.463 e. The molecule has 22 heavy (non-hydrogen) atoms. The zero-order valence-electron chi connectivity index (χ0n) is 13.0. The van der Waals surface area contributed by atoms with Gasteiger partial charge in [-0.3, -0.25) is 0 Å². The Morgan fingerprint density at radius 3 is 2.55 bits per heavy atom. The van der Waals surface area contributed by atoms with Gasteiger partial charge in [-0.25, -0.2) is 9.59 Å². The van der Waals surface area contributed by atoms with E-state index in [-0.39, 0.29) is 12.6 Å². The summed E-state index contributed by atoms with van der Waals surface area (Å²) < 4.78 is 9.93. The van der Waals surface area contributed by atoms with E-state index in [1.54, 1.807) is 6.92 Å². The first kappa shape index (κ1) is 17.8. The van der Waals surface area contributed by atoms with Crippen LogP contribution in [0.2, 0.25) is 0 Å². The van der Waals surface area contributed by atoms with Crippen molar-refractivity contribution in [1.82, 2.24) is 5.32 Å². The molecule has 0 heterocycles. The van der Waals surface area contributed by atoms with Crippen molar-refractivity contribution in [2.24, 2.45) is 0 Å². The predicted molar refractivity (Wildman–Crippen MR) is 84.3 cm³/mol. The van der Waals surface area contributed by atoms with Gasteiger partial charge in [0.15, 0.2) is 0 Å². The van der Waals surface area contributed by atoms with Crippen molar-refractivity contribution in [2.45, 2.75) is 32.8 Å². The number of ether oxygens (including phenoxy) is 2. The van der Waals surface area contributed by atoms with E-state index in [0.717, 1.165) is 18.4 Å². The fourth-order valence-corrected chi connectivity index (χ4v) is 1.76. The number of rotatable bonds is 9. The molecule has 120 valence electrons. The highest BCUT2D eigenvalue weighted by molar-refractivity contribution is 5.87. The monoisotopic (exact) mass is 305 g/mol. The molecule has 0 radical (unpaired) electrons. The summed E-state index contributed by atoms with van der Waals surface area (Å²) in [6.07, 6.45) is 1.64. The number of unbranched alkanes of at least 4 members (excludes halogenated alkanes) is 1. The lowest BCUT2D eigenvalue weighted by Crippen LogP contribution is -2.25. The number of alkyl carbamates (subject to hydrolysis) is 1. The van der Waals surface area contributed by atoms with Crippen LogP contribution in [-0.4, -0.2) is 25.2 Å². The van der Waals surface area contributed by atoms with Crippen LogP contribution < -0.4 is 5.32 Å². The molecule has 0 aliphatic rings. The molecule has 0 aliphatic heterocycles. The fraction of sp³-hybridized carbons (Fsp3) is 0.412. The summed E-state index contributed by atoms with van der Waals surface area (Å²) in [5, 5.41) is 2.67. The molecule has 1 amide bonds. The maximum absolute atomic E-state index is 11.5. The Balaban J connectivity index is 2.05. The van der Waals surface area contributed by atoms with E-state index < -0.39 is 6.09 Å². The molecule has 0 fully saturated rings. The van der Waals surface area contributed by atoms with Gasteiger partial charge >= 0.3 is 12.1 Å². The second kappa shape index (κ2) is 10.4. The first-order valence-electron chi connectivity index (χ1n) is 7.43. The minimum absolute atomic E-state index is 0.256. The topological polar surface area (TPSA) is 64.6 Å². The van der Waals surface area contributed by atoms with Crippen LogP contribution in [0.1, 0.15) is 31.7 Å². The van der Waals surface area contributed by atoms with Gasteiger partial charge in [-0.2, -0.15) is 0 Å². The second-order valence-electron chi connectivity index (χ2n) is 4.77. The highest BCUT2D eigenvalue weighted by atomic mass is 16.5. The lowest BCUT2D eigenvalue weighted by Gasteiger charge is -2.07. The third-order valence-corrected chi connectivity index (χ3v) is 2.95. The summed E-state index contributed by atoms with van der Waals surface area (Å²) in [6.45, 7) is 6.56. The summed E-state index contributed by atoms with van der Waals surface area (Å²) >= 11 is 0. The summed E-state index contributed by atoms with van der Waals surface area (Å²) in [5.41, 5.74) is 1.41. The van der Waals surface area contributed by atoms with Gasteiger partial charge in [-0.05, 0) is 31.7 Å². The molecule has 0 aromatic heterocycles. The van der Waals surface area contributed by atoms with Crippen LogP contribution in [0.5, 0.6) is 0 Å². The predicted octanol–water partition coefficient (Wildman–Crippen LogP) is 3.20. The molecule has 0 saturated heterocycles. The Bertz CT molecular complexity index is 485. The molecule has 1 N–H and O–H groups in total. The quantitative estimate of drug-likeness (QED) is 0.432. The molecule has 1 aromatic rings. The van der Waals surface area contributed by atoms with Crippen LogP contribution in [0.15, 0.2) is 42.5 Å². The lowest BCUT2D eigenvalue weighted by molar-refractivity contribution is -0.138. The van der Waals surface area contributed by atoms with E-state index in [0.29, 0.717) is 25.1 Å². The Morgan fingerprint density at radius 1 is 1.14 bits per heavy atom. The van der Waals surface area contributed by atoms with Crippen LogP contribution in [0.4, 0.5) is 4.79 Å². The van der Waals surface area contributed by atoms with Crippen molar-refractivity contribution in [2.75, 3.05) is 13.2 Å². The molecule has 0 bridgehead atoms. The van der Waals surface area contributed by atoms with Crippen molar-refractivity contribution in [3.05, 3.63) is 48.0 Å². The van der Waals surface area contributed by atoms with Crippen LogP contribution >= 0.6 is 0 Å². The Morgan fingerprint density at radius 2 is 1.86 bits per heavy atom. The normalized spacial score (nSPS) is 9.86. The molecule has 0 aliphatic carbocycles. The maximum atomic E-state index is 11.5. The fourth-order valence-electron chi connectivity index (χ4n) is 1.76. The van der Waals surface area contributed by atoms with Gasteiger partial charge in [0.05, 0.1) is 6.61 Å². The van der Waals surface area contributed by atoms with E-state index in [9.17, 15) is 9.59 Å². The number of nitrogens with one attached hydrogen (secondary N) is 1. The van der Waals surface area contributed by atoms with E-state index in [1.807, 2.05) is 30.3 Å². The summed E-state index contributed by atoms with van der Waals surface area (Å²) in [5.74, 6) is -0.349. The minimum atomic E-state index is -0.437. The van der Waals surface area contributed by atoms with Gasteiger partial charge in [-0.15, -0.1) is 0 Å². The van der Waals surface area contributed by atoms with Crippen molar-refractivity contribution in [3.63, 3.8) is 0 Å². The summed E-state index contributed by atoms with van der Waals surface area (Å²) in [6, 6.07) is 9.50. The van der Waals surface area contributed by atoms with E-state index >= 15 is 0 Å². The van der Waals surface area contributed by atoms with Crippen LogP contribution in [-0.2, 0) is 20.9 Å². The van der Waals surface area contributed by atoms with Gasteiger partial charge in [-0.1, -0.05) is 36.9 Å². The zero-order valence-corrected chi connectivity index (χ0v) is 13.0.